The average molecular weight is 268 g/mol. The molecule has 96 valence electrons. The van der Waals surface area contributed by atoms with E-state index in [0.29, 0.717) is 5.88 Å². The highest BCUT2D eigenvalue weighted by Gasteiger charge is 2.17. The molecule has 2 rings (SSSR count). The Hall–Kier alpha value is -1.93. The lowest BCUT2D eigenvalue weighted by atomic mass is 10.5. The second kappa shape index (κ2) is 4.39. The third-order valence-electron chi connectivity index (χ3n) is 2.20. The molecular formula is C10H12N4O3S. The largest absolute Gasteiger partial charge is 0.420 e. The number of nitrogens with two attached hydrogens (primary N) is 1. The number of hydrogen-bond acceptors (Lipinski definition) is 5. The Morgan fingerprint density at radius 2 is 2.17 bits per heavy atom. The van der Waals surface area contributed by atoms with Crippen LogP contribution in [0.4, 0.5) is 0 Å². The van der Waals surface area contributed by atoms with Gasteiger partial charge in [0.05, 0.1) is 5.69 Å². The molecule has 0 aliphatic heterocycles. The SMILES string of the molecule is Cc1cc(Oc2ncccc2S(N)(=O)=O)n(C)n1. The van der Waals surface area contributed by atoms with Crippen LogP contribution in [0.15, 0.2) is 29.3 Å². The number of hydrogen-bond donors (Lipinski definition) is 1. The van der Waals surface area contributed by atoms with Gasteiger partial charge in [-0.3, -0.25) is 0 Å². The van der Waals surface area contributed by atoms with E-state index in [9.17, 15) is 8.42 Å². The molecule has 0 aliphatic carbocycles. The zero-order valence-electron chi connectivity index (χ0n) is 9.86. The van der Waals surface area contributed by atoms with Crippen molar-refractivity contribution in [1.29, 1.82) is 0 Å². The minimum atomic E-state index is -3.88. The van der Waals surface area contributed by atoms with E-state index in [1.165, 1.54) is 23.0 Å². The molecule has 0 saturated heterocycles. The first kappa shape index (κ1) is 12.5. The van der Waals surface area contributed by atoms with Gasteiger partial charge >= 0.3 is 0 Å². The molecule has 0 aromatic carbocycles. The Bertz CT molecular complexity index is 678. The van der Waals surface area contributed by atoms with Crippen LogP contribution in [0, 0.1) is 6.92 Å². The van der Waals surface area contributed by atoms with Crippen molar-refractivity contribution in [2.24, 2.45) is 12.2 Å². The van der Waals surface area contributed by atoms with Crippen LogP contribution in [0.2, 0.25) is 0 Å². The molecule has 0 radical (unpaired) electrons. The highest BCUT2D eigenvalue weighted by molar-refractivity contribution is 7.89. The van der Waals surface area contributed by atoms with E-state index in [1.807, 2.05) is 0 Å². The van der Waals surface area contributed by atoms with Crippen LogP contribution in [-0.2, 0) is 17.1 Å². The molecule has 0 bridgehead atoms. The maximum atomic E-state index is 11.4. The first-order valence-electron chi connectivity index (χ1n) is 5.04. The van der Waals surface area contributed by atoms with E-state index < -0.39 is 10.0 Å². The van der Waals surface area contributed by atoms with Crippen LogP contribution in [0.5, 0.6) is 11.8 Å². The fourth-order valence-corrected chi connectivity index (χ4v) is 2.06. The van der Waals surface area contributed by atoms with Gasteiger partial charge in [-0.05, 0) is 19.1 Å². The Morgan fingerprint density at radius 3 is 2.72 bits per heavy atom. The number of primary sulfonamides is 1. The molecule has 0 saturated carbocycles. The predicted octanol–water partition coefficient (Wildman–Crippen LogP) is 0.563. The predicted molar refractivity (Wildman–Crippen MR) is 63.6 cm³/mol. The van der Waals surface area contributed by atoms with Crippen LogP contribution < -0.4 is 9.88 Å². The Balaban J connectivity index is 2.44. The van der Waals surface area contributed by atoms with Gasteiger partial charge < -0.3 is 4.74 Å². The summed E-state index contributed by atoms with van der Waals surface area (Å²) in [5.41, 5.74) is 0.751. The Morgan fingerprint density at radius 1 is 1.44 bits per heavy atom. The Kier molecular flexibility index (Phi) is 3.05. The Labute approximate surface area is 104 Å². The van der Waals surface area contributed by atoms with Gasteiger partial charge in [-0.1, -0.05) is 0 Å². The van der Waals surface area contributed by atoms with Crippen LogP contribution in [-0.4, -0.2) is 23.2 Å². The first-order valence-corrected chi connectivity index (χ1v) is 6.59. The summed E-state index contributed by atoms with van der Waals surface area (Å²) in [5.74, 6) is 0.319. The molecule has 18 heavy (non-hydrogen) atoms. The smallest absolute Gasteiger partial charge is 0.243 e. The van der Waals surface area contributed by atoms with E-state index in [1.54, 1.807) is 20.0 Å². The molecule has 7 nitrogen and oxygen atoms in total. The second-order valence-electron chi connectivity index (χ2n) is 3.70. The molecule has 2 aromatic rings. The van der Waals surface area contributed by atoms with Crippen molar-refractivity contribution >= 4 is 10.0 Å². The molecule has 0 aliphatic rings. The summed E-state index contributed by atoms with van der Waals surface area (Å²) in [5, 5.41) is 9.17. The van der Waals surface area contributed by atoms with Gasteiger partial charge in [0.1, 0.15) is 4.90 Å². The number of nitrogens with zero attached hydrogens (tertiary/aromatic N) is 3. The van der Waals surface area contributed by atoms with E-state index >= 15 is 0 Å². The number of sulfonamides is 1. The van der Waals surface area contributed by atoms with Crippen LogP contribution in [0.1, 0.15) is 5.69 Å². The van der Waals surface area contributed by atoms with Crippen LogP contribution in [0.25, 0.3) is 0 Å². The lowest BCUT2D eigenvalue weighted by Crippen LogP contribution is -2.14. The van der Waals surface area contributed by atoms with E-state index in [-0.39, 0.29) is 10.8 Å². The quantitative estimate of drug-likeness (QED) is 0.876. The van der Waals surface area contributed by atoms with E-state index in [4.69, 9.17) is 9.88 Å². The fourth-order valence-electron chi connectivity index (χ4n) is 1.45. The second-order valence-corrected chi connectivity index (χ2v) is 5.23. The molecule has 0 atom stereocenters. The topological polar surface area (TPSA) is 100 Å². The van der Waals surface area contributed by atoms with Gasteiger partial charge in [-0.25, -0.2) is 23.2 Å². The molecule has 2 N–H and O–H groups in total. The first-order chi connectivity index (χ1) is 8.38. The van der Waals surface area contributed by atoms with Gasteiger partial charge in [-0.15, -0.1) is 0 Å². The summed E-state index contributed by atoms with van der Waals surface area (Å²) in [7, 11) is -2.19. The van der Waals surface area contributed by atoms with Crippen molar-refractivity contribution in [2.45, 2.75) is 11.8 Å². The van der Waals surface area contributed by atoms with Crippen molar-refractivity contribution in [2.75, 3.05) is 0 Å². The minimum Gasteiger partial charge on any atom is -0.420 e. The highest BCUT2D eigenvalue weighted by atomic mass is 32.2. The molecule has 0 fully saturated rings. The molecular weight excluding hydrogens is 256 g/mol. The number of aromatic nitrogens is 3. The number of rotatable bonds is 3. The van der Waals surface area contributed by atoms with Gasteiger partial charge in [0.15, 0.2) is 0 Å². The summed E-state index contributed by atoms with van der Waals surface area (Å²) >= 11 is 0. The molecule has 0 amide bonds. The molecule has 0 unspecified atom stereocenters. The highest BCUT2D eigenvalue weighted by Crippen LogP contribution is 2.25. The van der Waals surface area contributed by atoms with Gasteiger partial charge in [0.25, 0.3) is 0 Å². The molecule has 0 spiro atoms. The average Bonchev–Trinajstić information content (AvgIpc) is 2.57. The number of aryl methyl sites for hydroxylation is 2. The standard InChI is InChI=1S/C10H12N4O3S/c1-7-6-9(14(2)13-7)17-10-8(18(11,15)16)4-3-5-12-10/h3-6H,1-2H3,(H2,11,15,16). The monoisotopic (exact) mass is 268 g/mol. The van der Waals surface area contributed by atoms with Crippen molar-refractivity contribution in [1.82, 2.24) is 14.8 Å². The lowest BCUT2D eigenvalue weighted by Gasteiger charge is -2.07. The minimum absolute atomic E-state index is 0.0667. The number of pyridine rings is 1. The van der Waals surface area contributed by atoms with Gasteiger partial charge in [0, 0.05) is 19.3 Å². The molecule has 2 heterocycles. The number of ether oxygens (including phenoxy) is 1. The van der Waals surface area contributed by atoms with E-state index in [0.717, 1.165) is 5.69 Å². The fraction of sp³-hybridized carbons (Fsp3) is 0.200. The summed E-state index contributed by atoms with van der Waals surface area (Å²) in [6.07, 6.45) is 1.42. The van der Waals surface area contributed by atoms with Crippen molar-refractivity contribution in [3.8, 4) is 11.8 Å². The summed E-state index contributed by atoms with van der Waals surface area (Å²) in [4.78, 5) is 3.71. The zero-order chi connectivity index (χ0) is 13.3. The summed E-state index contributed by atoms with van der Waals surface area (Å²) in [6, 6.07) is 4.48. The van der Waals surface area contributed by atoms with Crippen molar-refractivity contribution in [3.63, 3.8) is 0 Å². The van der Waals surface area contributed by atoms with Gasteiger partial charge in [0.2, 0.25) is 21.8 Å². The summed E-state index contributed by atoms with van der Waals surface area (Å²) in [6.45, 7) is 1.80. The van der Waals surface area contributed by atoms with E-state index in [2.05, 4.69) is 10.1 Å². The molecule has 2 aromatic heterocycles. The third-order valence-corrected chi connectivity index (χ3v) is 3.13. The van der Waals surface area contributed by atoms with Crippen LogP contribution in [0.3, 0.4) is 0 Å². The lowest BCUT2D eigenvalue weighted by molar-refractivity contribution is 0.404. The van der Waals surface area contributed by atoms with Crippen molar-refractivity contribution < 1.29 is 13.2 Å². The third kappa shape index (κ3) is 2.49. The van der Waals surface area contributed by atoms with Gasteiger partial charge in [-0.2, -0.15) is 5.10 Å². The molecule has 8 heteroatoms. The summed E-state index contributed by atoms with van der Waals surface area (Å²) < 4.78 is 29.6. The van der Waals surface area contributed by atoms with Crippen LogP contribution >= 0.6 is 0 Å². The zero-order valence-corrected chi connectivity index (χ0v) is 10.7. The maximum Gasteiger partial charge on any atom is 0.243 e. The van der Waals surface area contributed by atoms with Crippen molar-refractivity contribution in [3.05, 3.63) is 30.1 Å². The maximum absolute atomic E-state index is 11.4. The normalized spacial score (nSPS) is 11.5.